The fraction of sp³-hybridized carbons (Fsp3) is 0.118. The van der Waals surface area contributed by atoms with Crippen molar-refractivity contribution in [2.45, 2.75) is 12.5 Å². The van der Waals surface area contributed by atoms with Crippen LogP contribution >= 0.6 is 0 Å². The number of aliphatic hydroxyl groups is 1. The molecular weight excluding hydrogens is 253 g/mol. The van der Waals surface area contributed by atoms with Crippen LogP contribution in [0.2, 0.25) is 0 Å². The first-order valence-electron chi connectivity index (χ1n) is 6.51. The van der Waals surface area contributed by atoms with Crippen LogP contribution in [-0.2, 0) is 6.42 Å². The molecule has 0 aliphatic rings. The van der Waals surface area contributed by atoms with Gasteiger partial charge in [-0.15, -0.1) is 0 Å². The third-order valence-electron chi connectivity index (χ3n) is 3.32. The minimum atomic E-state index is -0.884. The van der Waals surface area contributed by atoms with Crippen molar-refractivity contribution < 1.29 is 9.50 Å². The predicted molar refractivity (Wildman–Crippen MR) is 76.8 cm³/mol. The van der Waals surface area contributed by atoms with Gasteiger partial charge in [0.25, 0.3) is 0 Å². The Balaban J connectivity index is 1.87. The number of halogens is 1. The van der Waals surface area contributed by atoms with Gasteiger partial charge in [0.2, 0.25) is 0 Å². The molecule has 0 amide bonds. The Hall–Kier alpha value is -2.26. The van der Waals surface area contributed by atoms with E-state index in [2.05, 4.69) is 4.98 Å². The standard InChI is InChI=1S/C17H14FNO/c18-15-7-3-2-6-14(15)17(20)11-13-10-9-12-5-1-4-8-16(12)19-13/h1-10,17,20H,11H2. The molecule has 1 atom stereocenters. The summed E-state index contributed by atoms with van der Waals surface area (Å²) < 4.78 is 13.6. The van der Waals surface area contributed by atoms with Crippen LogP contribution in [0.15, 0.2) is 60.7 Å². The predicted octanol–water partition coefficient (Wildman–Crippen LogP) is 3.65. The number of aromatic nitrogens is 1. The summed E-state index contributed by atoms with van der Waals surface area (Å²) in [6.45, 7) is 0. The highest BCUT2D eigenvalue weighted by Crippen LogP contribution is 2.21. The Morgan fingerprint density at radius 1 is 0.950 bits per heavy atom. The van der Waals surface area contributed by atoms with Gasteiger partial charge in [0, 0.05) is 23.1 Å². The summed E-state index contributed by atoms with van der Waals surface area (Å²) in [6, 6.07) is 17.9. The molecule has 0 bridgehead atoms. The maximum absolute atomic E-state index is 13.6. The zero-order valence-corrected chi connectivity index (χ0v) is 10.8. The van der Waals surface area contributed by atoms with Crippen LogP contribution in [0.1, 0.15) is 17.4 Å². The molecule has 0 radical (unpaired) electrons. The second kappa shape index (κ2) is 5.39. The Morgan fingerprint density at radius 3 is 2.55 bits per heavy atom. The Labute approximate surface area is 116 Å². The van der Waals surface area contributed by atoms with Crippen LogP contribution in [0.5, 0.6) is 0 Å². The van der Waals surface area contributed by atoms with Gasteiger partial charge in [0.15, 0.2) is 0 Å². The van der Waals surface area contributed by atoms with Gasteiger partial charge in [-0.1, -0.05) is 42.5 Å². The van der Waals surface area contributed by atoms with Crippen molar-refractivity contribution in [2.75, 3.05) is 0 Å². The number of hydrogen-bond acceptors (Lipinski definition) is 2. The van der Waals surface area contributed by atoms with Crippen LogP contribution < -0.4 is 0 Å². The second-order valence-electron chi connectivity index (χ2n) is 4.74. The molecule has 1 N–H and O–H groups in total. The minimum absolute atomic E-state index is 0.297. The van der Waals surface area contributed by atoms with Gasteiger partial charge in [-0.2, -0.15) is 0 Å². The second-order valence-corrected chi connectivity index (χ2v) is 4.74. The molecule has 20 heavy (non-hydrogen) atoms. The van der Waals surface area contributed by atoms with Gasteiger partial charge < -0.3 is 5.11 Å². The normalized spacial score (nSPS) is 12.5. The molecule has 0 fully saturated rings. The first-order valence-corrected chi connectivity index (χ1v) is 6.51. The molecule has 100 valence electrons. The monoisotopic (exact) mass is 267 g/mol. The molecule has 2 nitrogen and oxygen atoms in total. The molecule has 0 saturated heterocycles. The summed E-state index contributed by atoms with van der Waals surface area (Å²) in [5.41, 5.74) is 1.94. The topological polar surface area (TPSA) is 33.1 Å². The first kappa shape index (κ1) is 12.8. The minimum Gasteiger partial charge on any atom is -0.388 e. The zero-order valence-electron chi connectivity index (χ0n) is 10.8. The van der Waals surface area contributed by atoms with E-state index in [9.17, 15) is 9.50 Å². The van der Waals surface area contributed by atoms with Crippen molar-refractivity contribution >= 4 is 10.9 Å². The van der Waals surface area contributed by atoms with Crippen LogP contribution in [0, 0.1) is 5.82 Å². The average Bonchev–Trinajstić information content (AvgIpc) is 2.47. The first-order chi connectivity index (χ1) is 9.74. The SMILES string of the molecule is OC(Cc1ccc2ccccc2n1)c1ccccc1F. The molecule has 0 saturated carbocycles. The van der Waals surface area contributed by atoms with Gasteiger partial charge in [-0.05, 0) is 18.2 Å². The highest BCUT2D eigenvalue weighted by Gasteiger charge is 2.13. The van der Waals surface area contributed by atoms with Crippen LogP contribution in [0.25, 0.3) is 10.9 Å². The molecule has 2 aromatic carbocycles. The van der Waals surface area contributed by atoms with Crippen LogP contribution in [0.3, 0.4) is 0 Å². The fourth-order valence-corrected chi connectivity index (χ4v) is 2.28. The maximum atomic E-state index is 13.6. The smallest absolute Gasteiger partial charge is 0.129 e. The summed E-state index contributed by atoms with van der Waals surface area (Å²) in [6.07, 6.45) is -0.587. The third kappa shape index (κ3) is 2.53. The lowest BCUT2D eigenvalue weighted by atomic mass is 10.0. The van der Waals surface area contributed by atoms with Crippen molar-refractivity contribution in [2.24, 2.45) is 0 Å². The summed E-state index contributed by atoms with van der Waals surface area (Å²) >= 11 is 0. The van der Waals surface area contributed by atoms with Gasteiger partial charge >= 0.3 is 0 Å². The van der Waals surface area contributed by atoms with Gasteiger partial charge in [0.1, 0.15) is 5.82 Å². The lowest BCUT2D eigenvalue weighted by Crippen LogP contribution is -2.05. The number of fused-ring (bicyclic) bond motifs is 1. The molecule has 0 spiro atoms. The lowest BCUT2D eigenvalue weighted by Gasteiger charge is -2.11. The summed E-state index contributed by atoms with van der Waals surface area (Å²) in [5, 5.41) is 11.2. The molecule has 3 aromatic rings. The van der Waals surface area contributed by atoms with E-state index in [0.29, 0.717) is 12.0 Å². The van der Waals surface area contributed by atoms with E-state index in [1.165, 1.54) is 6.07 Å². The van der Waals surface area contributed by atoms with E-state index in [-0.39, 0.29) is 5.82 Å². The van der Waals surface area contributed by atoms with Crippen LogP contribution in [0.4, 0.5) is 4.39 Å². The Morgan fingerprint density at radius 2 is 1.70 bits per heavy atom. The molecule has 0 aliphatic heterocycles. The van der Waals surface area contributed by atoms with E-state index >= 15 is 0 Å². The third-order valence-corrected chi connectivity index (χ3v) is 3.32. The Bertz CT molecular complexity index is 742. The number of nitrogens with zero attached hydrogens (tertiary/aromatic N) is 1. The van der Waals surface area contributed by atoms with E-state index in [1.54, 1.807) is 18.2 Å². The van der Waals surface area contributed by atoms with E-state index in [0.717, 1.165) is 16.6 Å². The van der Waals surface area contributed by atoms with Crippen molar-refractivity contribution in [3.8, 4) is 0 Å². The molecular formula is C17H14FNO. The zero-order chi connectivity index (χ0) is 13.9. The number of pyridine rings is 1. The van der Waals surface area contributed by atoms with Gasteiger partial charge in [0.05, 0.1) is 11.6 Å². The van der Waals surface area contributed by atoms with Crippen LogP contribution in [-0.4, -0.2) is 10.1 Å². The maximum Gasteiger partial charge on any atom is 0.129 e. The van der Waals surface area contributed by atoms with E-state index < -0.39 is 6.10 Å². The van der Waals surface area contributed by atoms with E-state index in [1.807, 2.05) is 36.4 Å². The highest BCUT2D eigenvalue weighted by atomic mass is 19.1. The molecule has 0 aliphatic carbocycles. The highest BCUT2D eigenvalue weighted by molar-refractivity contribution is 5.78. The lowest BCUT2D eigenvalue weighted by molar-refractivity contribution is 0.172. The summed E-state index contributed by atoms with van der Waals surface area (Å²) in [4.78, 5) is 4.49. The average molecular weight is 267 g/mol. The number of aliphatic hydroxyl groups excluding tert-OH is 1. The van der Waals surface area contributed by atoms with E-state index in [4.69, 9.17) is 0 Å². The largest absolute Gasteiger partial charge is 0.388 e. The molecule has 3 heteroatoms. The number of rotatable bonds is 3. The van der Waals surface area contributed by atoms with Gasteiger partial charge in [-0.25, -0.2) is 4.39 Å². The quantitative estimate of drug-likeness (QED) is 0.785. The molecule has 1 heterocycles. The van der Waals surface area contributed by atoms with Crippen molar-refractivity contribution in [1.82, 2.24) is 4.98 Å². The van der Waals surface area contributed by atoms with Crippen molar-refractivity contribution in [3.63, 3.8) is 0 Å². The number of para-hydroxylation sites is 1. The van der Waals surface area contributed by atoms with Gasteiger partial charge in [-0.3, -0.25) is 4.98 Å². The number of benzene rings is 2. The van der Waals surface area contributed by atoms with Crippen molar-refractivity contribution in [3.05, 3.63) is 77.7 Å². The fourth-order valence-electron chi connectivity index (χ4n) is 2.28. The summed E-state index contributed by atoms with van der Waals surface area (Å²) in [7, 11) is 0. The number of hydrogen-bond donors (Lipinski definition) is 1. The molecule has 1 unspecified atom stereocenters. The van der Waals surface area contributed by atoms with Crippen molar-refractivity contribution in [1.29, 1.82) is 0 Å². The molecule has 3 rings (SSSR count). The Kier molecular flexibility index (Phi) is 3.44. The molecule has 1 aromatic heterocycles. The summed E-state index contributed by atoms with van der Waals surface area (Å²) in [5.74, 6) is -0.388.